The first-order valence-electron chi connectivity index (χ1n) is 8.08. The second-order valence-corrected chi connectivity index (χ2v) is 6.66. The van der Waals surface area contributed by atoms with Crippen LogP contribution in [0, 0.1) is 0 Å². The molecular formula is C19H20ClNO. The molecule has 1 aliphatic carbocycles. The molecule has 1 fully saturated rings. The van der Waals surface area contributed by atoms with E-state index < -0.39 is 0 Å². The number of nitrogens with one attached hydrogen (secondary N) is 1. The fourth-order valence-corrected chi connectivity index (χ4v) is 3.49. The molecule has 1 aliphatic heterocycles. The van der Waals surface area contributed by atoms with E-state index in [0.717, 1.165) is 34.9 Å². The molecule has 1 heterocycles. The molecule has 0 amide bonds. The van der Waals surface area contributed by atoms with Crippen LogP contribution >= 0.6 is 11.6 Å². The largest absolute Gasteiger partial charge is 0.488 e. The number of hydrogen-bond acceptors (Lipinski definition) is 2. The minimum absolute atomic E-state index is 0.235. The van der Waals surface area contributed by atoms with Gasteiger partial charge in [0.05, 0.1) is 0 Å². The Morgan fingerprint density at radius 1 is 1.05 bits per heavy atom. The summed E-state index contributed by atoms with van der Waals surface area (Å²) in [6.45, 7) is 0.932. The van der Waals surface area contributed by atoms with Crippen LogP contribution in [0.2, 0.25) is 5.02 Å². The summed E-state index contributed by atoms with van der Waals surface area (Å²) in [4.78, 5) is 0. The second-order valence-electron chi connectivity index (χ2n) is 6.25. The summed E-state index contributed by atoms with van der Waals surface area (Å²) in [5.74, 6) is 1.01. The van der Waals surface area contributed by atoms with Gasteiger partial charge < -0.3 is 10.1 Å². The highest BCUT2D eigenvalue weighted by atomic mass is 35.5. The molecule has 0 radical (unpaired) electrons. The van der Waals surface area contributed by atoms with Gasteiger partial charge in [-0.2, -0.15) is 0 Å². The quantitative estimate of drug-likeness (QED) is 0.900. The molecule has 2 nitrogen and oxygen atoms in total. The number of para-hydroxylation sites is 1. The Morgan fingerprint density at radius 3 is 2.64 bits per heavy atom. The van der Waals surface area contributed by atoms with Crippen LogP contribution in [0.15, 0.2) is 42.5 Å². The molecule has 2 aromatic carbocycles. The average Bonchev–Trinajstić information content (AvgIpc) is 2.89. The third-order valence-corrected chi connectivity index (χ3v) is 5.06. The van der Waals surface area contributed by atoms with Gasteiger partial charge in [-0.25, -0.2) is 0 Å². The van der Waals surface area contributed by atoms with Gasteiger partial charge >= 0.3 is 0 Å². The van der Waals surface area contributed by atoms with Crippen LogP contribution in [0.25, 0.3) is 11.1 Å². The number of fused-ring (bicyclic) bond motifs is 1. The van der Waals surface area contributed by atoms with Crippen molar-refractivity contribution in [3.63, 3.8) is 0 Å². The van der Waals surface area contributed by atoms with E-state index in [4.69, 9.17) is 16.3 Å². The molecule has 1 saturated carbocycles. The van der Waals surface area contributed by atoms with Gasteiger partial charge in [0.15, 0.2) is 0 Å². The molecule has 1 N–H and O–H groups in total. The number of benzene rings is 2. The molecular weight excluding hydrogens is 294 g/mol. The van der Waals surface area contributed by atoms with Gasteiger partial charge in [-0.1, -0.05) is 54.4 Å². The van der Waals surface area contributed by atoms with Crippen LogP contribution in [0.1, 0.15) is 24.8 Å². The molecule has 1 unspecified atom stereocenters. The van der Waals surface area contributed by atoms with E-state index in [1.54, 1.807) is 0 Å². The average molecular weight is 314 g/mol. The molecule has 0 aromatic heterocycles. The fraction of sp³-hybridized carbons (Fsp3) is 0.368. The molecule has 0 bridgehead atoms. The smallest absolute Gasteiger partial charge is 0.131 e. The molecule has 2 aromatic rings. The first kappa shape index (κ1) is 14.1. The summed E-state index contributed by atoms with van der Waals surface area (Å²) in [6, 6.07) is 15.0. The highest BCUT2D eigenvalue weighted by Crippen LogP contribution is 2.41. The van der Waals surface area contributed by atoms with E-state index in [9.17, 15) is 0 Å². The SMILES string of the molecule is Clc1ccccc1-c1cccc2c1OC(CNC1CCC1)C2. The van der Waals surface area contributed by atoms with Gasteiger partial charge in [-0.15, -0.1) is 0 Å². The van der Waals surface area contributed by atoms with Crippen LogP contribution in [-0.2, 0) is 6.42 Å². The third-order valence-electron chi connectivity index (χ3n) is 4.73. The molecule has 0 saturated heterocycles. The zero-order valence-electron chi connectivity index (χ0n) is 12.5. The maximum Gasteiger partial charge on any atom is 0.131 e. The summed E-state index contributed by atoms with van der Waals surface area (Å²) in [6.07, 6.45) is 5.20. The lowest BCUT2D eigenvalue weighted by atomic mass is 9.93. The highest BCUT2D eigenvalue weighted by Gasteiger charge is 2.27. The summed E-state index contributed by atoms with van der Waals surface area (Å²) in [5.41, 5.74) is 3.45. The Labute approximate surface area is 136 Å². The van der Waals surface area contributed by atoms with Crippen molar-refractivity contribution in [2.24, 2.45) is 0 Å². The zero-order valence-corrected chi connectivity index (χ0v) is 13.3. The van der Waals surface area contributed by atoms with Gasteiger partial charge in [0, 0.05) is 35.2 Å². The van der Waals surface area contributed by atoms with E-state index in [0.29, 0.717) is 6.04 Å². The minimum Gasteiger partial charge on any atom is -0.488 e. The fourth-order valence-electron chi connectivity index (χ4n) is 3.25. The van der Waals surface area contributed by atoms with Crippen molar-refractivity contribution in [1.82, 2.24) is 5.32 Å². The maximum atomic E-state index is 6.36. The molecule has 0 spiro atoms. The van der Waals surface area contributed by atoms with Gasteiger partial charge in [0.2, 0.25) is 0 Å². The third kappa shape index (κ3) is 2.62. The number of ether oxygens (including phenoxy) is 1. The second kappa shape index (κ2) is 5.94. The lowest BCUT2D eigenvalue weighted by Crippen LogP contribution is -2.41. The van der Waals surface area contributed by atoms with Crippen molar-refractivity contribution in [2.45, 2.75) is 37.8 Å². The first-order chi connectivity index (χ1) is 10.8. The molecule has 22 heavy (non-hydrogen) atoms. The van der Waals surface area contributed by atoms with Crippen molar-refractivity contribution in [3.05, 3.63) is 53.1 Å². The lowest BCUT2D eigenvalue weighted by molar-refractivity contribution is 0.208. The Balaban J connectivity index is 1.56. The molecule has 3 heteroatoms. The van der Waals surface area contributed by atoms with E-state index in [1.165, 1.54) is 24.8 Å². The van der Waals surface area contributed by atoms with Gasteiger partial charge in [-0.3, -0.25) is 0 Å². The predicted molar refractivity (Wildman–Crippen MR) is 90.6 cm³/mol. The van der Waals surface area contributed by atoms with E-state index in [2.05, 4.69) is 29.6 Å². The van der Waals surface area contributed by atoms with E-state index in [-0.39, 0.29) is 6.10 Å². The Morgan fingerprint density at radius 2 is 1.86 bits per heavy atom. The number of halogens is 1. The summed E-state index contributed by atoms with van der Waals surface area (Å²) >= 11 is 6.36. The standard InChI is InChI=1S/C19H20ClNO/c20-18-10-2-1-8-16(18)17-9-3-5-13-11-15(22-19(13)17)12-21-14-6-4-7-14/h1-3,5,8-10,14-15,21H,4,6-7,11-12H2. The van der Waals surface area contributed by atoms with Crippen molar-refractivity contribution >= 4 is 11.6 Å². The normalized spacial score (nSPS) is 20.3. The predicted octanol–water partition coefficient (Wildman–Crippen LogP) is 4.45. The summed E-state index contributed by atoms with van der Waals surface area (Å²) in [5, 5.41) is 4.39. The monoisotopic (exact) mass is 313 g/mol. The number of rotatable bonds is 4. The summed E-state index contributed by atoms with van der Waals surface area (Å²) < 4.78 is 6.25. The maximum absolute atomic E-state index is 6.36. The van der Waals surface area contributed by atoms with Gasteiger partial charge in [0.1, 0.15) is 11.9 Å². The van der Waals surface area contributed by atoms with Crippen LogP contribution < -0.4 is 10.1 Å². The Kier molecular flexibility index (Phi) is 3.81. The molecule has 1 atom stereocenters. The summed E-state index contributed by atoms with van der Waals surface area (Å²) in [7, 11) is 0. The number of hydrogen-bond donors (Lipinski definition) is 1. The zero-order chi connectivity index (χ0) is 14.9. The van der Waals surface area contributed by atoms with Crippen molar-refractivity contribution in [3.8, 4) is 16.9 Å². The van der Waals surface area contributed by atoms with Crippen molar-refractivity contribution < 1.29 is 4.74 Å². The molecule has 114 valence electrons. The topological polar surface area (TPSA) is 21.3 Å². The van der Waals surface area contributed by atoms with Crippen molar-refractivity contribution in [1.29, 1.82) is 0 Å². The minimum atomic E-state index is 0.235. The molecule has 2 aliphatic rings. The van der Waals surface area contributed by atoms with Crippen LogP contribution in [0.5, 0.6) is 5.75 Å². The Hall–Kier alpha value is -1.51. The van der Waals surface area contributed by atoms with Gasteiger partial charge in [-0.05, 0) is 24.5 Å². The van der Waals surface area contributed by atoms with Crippen molar-refractivity contribution in [2.75, 3.05) is 6.54 Å². The van der Waals surface area contributed by atoms with Crippen LogP contribution in [-0.4, -0.2) is 18.7 Å². The lowest BCUT2D eigenvalue weighted by Gasteiger charge is -2.27. The van der Waals surface area contributed by atoms with Crippen LogP contribution in [0.4, 0.5) is 0 Å². The molecule has 4 rings (SSSR count). The first-order valence-corrected chi connectivity index (χ1v) is 8.46. The van der Waals surface area contributed by atoms with E-state index in [1.807, 2.05) is 18.2 Å². The highest BCUT2D eigenvalue weighted by molar-refractivity contribution is 6.33. The van der Waals surface area contributed by atoms with E-state index >= 15 is 0 Å². The van der Waals surface area contributed by atoms with Gasteiger partial charge in [0.25, 0.3) is 0 Å². The van der Waals surface area contributed by atoms with Crippen LogP contribution in [0.3, 0.4) is 0 Å². The Bertz CT molecular complexity index is 681.